The second kappa shape index (κ2) is 6.18. The van der Waals surface area contributed by atoms with Crippen LogP contribution in [0.1, 0.15) is 0 Å². The Kier molecular flexibility index (Phi) is 3.89. The molecule has 0 amide bonds. The van der Waals surface area contributed by atoms with E-state index < -0.39 is 0 Å². The molecular formula is C17H17ClN4O. The van der Waals surface area contributed by atoms with Crippen LogP contribution in [0, 0.1) is 0 Å². The van der Waals surface area contributed by atoms with Crippen LogP contribution in [0.15, 0.2) is 48.9 Å². The molecule has 23 heavy (non-hydrogen) atoms. The van der Waals surface area contributed by atoms with Crippen molar-refractivity contribution >= 4 is 28.2 Å². The number of rotatable bonds is 3. The van der Waals surface area contributed by atoms with Gasteiger partial charge in [-0.3, -0.25) is 9.67 Å². The molecule has 3 heterocycles. The third-order valence-electron chi connectivity index (χ3n) is 4.11. The minimum absolute atomic E-state index is 0.117. The van der Waals surface area contributed by atoms with Crippen LogP contribution in [-0.4, -0.2) is 40.6 Å². The predicted molar refractivity (Wildman–Crippen MR) is 90.9 cm³/mol. The lowest BCUT2D eigenvalue weighted by atomic mass is 10.1. The molecule has 1 unspecified atom stereocenters. The Bertz CT molecular complexity index is 805. The average Bonchev–Trinajstić information content (AvgIpc) is 3.07. The second-order valence-corrected chi connectivity index (χ2v) is 6.09. The highest BCUT2D eigenvalue weighted by atomic mass is 35.5. The van der Waals surface area contributed by atoms with Crippen LogP contribution in [0.5, 0.6) is 0 Å². The minimum Gasteiger partial charge on any atom is -0.373 e. The molecule has 1 aliphatic rings. The number of nitrogens with zero attached hydrogens (tertiary/aromatic N) is 4. The Balaban J connectivity index is 1.61. The van der Waals surface area contributed by atoms with Gasteiger partial charge in [0.1, 0.15) is 0 Å². The molecule has 0 N–H and O–H groups in total. The van der Waals surface area contributed by atoms with Crippen LogP contribution < -0.4 is 4.90 Å². The summed E-state index contributed by atoms with van der Waals surface area (Å²) >= 11 is 6.17. The first-order valence-electron chi connectivity index (χ1n) is 7.68. The molecule has 1 atom stereocenters. The number of anilines is 1. The quantitative estimate of drug-likeness (QED) is 0.741. The first kappa shape index (κ1) is 14.5. The van der Waals surface area contributed by atoms with Crippen molar-refractivity contribution in [3.05, 3.63) is 53.9 Å². The summed E-state index contributed by atoms with van der Waals surface area (Å²) in [6.07, 6.45) is 5.72. The van der Waals surface area contributed by atoms with E-state index in [0.717, 1.165) is 41.2 Å². The molecule has 6 heteroatoms. The topological polar surface area (TPSA) is 43.2 Å². The molecule has 1 aromatic carbocycles. The molecule has 4 rings (SSSR count). The number of morpholine rings is 1. The highest BCUT2D eigenvalue weighted by Crippen LogP contribution is 2.29. The summed E-state index contributed by atoms with van der Waals surface area (Å²) in [5, 5.41) is 6.07. The van der Waals surface area contributed by atoms with E-state index >= 15 is 0 Å². The van der Waals surface area contributed by atoms with Gasteiger partial charge < -0.3 is 9.64 Å². The van der Waals surface area contributed by atoms with E-state index in [9.17, 15) is 0 Å². The van der Waals surface area contributed by atoms with Gasteiger partial charge in [0.2, 0.25) is 0 Å². The van der Waals surface area contributed by atoms with Crippen LogP contribution in [-0.2, 0) is 11.3 Å². The SMILES string of the molecule is Clc1ccc2nccc(N3CCOC(Cn4cccn4)C3)c2c1. The summed E-state index contributed by atoms with van der Waals surface area (Å²) in [7, 11) is 0. The van der Waals surface area contributed by atoms with Crippen molar-refractivity contribution in [2.75, 3.05) is 24.6 Å². The molecule has 1 aliphatic heterocycles. The predicted octanol–water partition coefficient (Wildman–Crippen LogP) is 2.99. The normalized spacial score (nSPS) is 18.5. The summed E-state index contributed by atoms with van der Waals surface area (Å²) in [5.74, 6) is 0. The van der Waals surface area contributed by atoms with E-state index in [1.165, 1.54) is 0 Å². The number of pyridine rings is 1. The zero-order valence-corrected chi connectivity index (χ0v) is 13.4. The van der Waals surface area contributed by atoms with Gasteiger partial charge in [-0.05, 0) is 30.3 Å². The molecule has 0 saturated carbocycles. The maximum atomic E-state index is 6.17. The van der Waals surface area contributed by atoms with Crippen LogP contribution >= 0.6 is 11.6 Å². The molecule has 2 aromatic heterocycles. The number of benzene rings is 1. The zero-order chi connectivity index (χ0) is 15.6. The number of fused-ring (bicyclic) bond motifs is 1. The average molecular weight is 329 g/mol. The van der Waals surface area contributed by atoms with Crippen molar-refractivity contribution < 1.29 is 4.74 Å². The summed E-state index contributed by atoms with van der Waals surface area (Å²) in [5.41, 5.74) is 2.12. The van der Waals surface area contributed by atoms with Gasteiger partial charge in [0.25, 0.3) is 0 Å². The van der Waals surface area contributed by atoms with Crippen molar-refractivity contribution in [1.29, 1.82) is 0 Å². The van der Waals surface area contributed by atoms with Crippen LogP contribution in [0.4, 0.5) is 5.69 Å². The van der Waals surface area contributed by atoms with E-state index in [0.29, 0.717) is 6.61 Å². The minimum atomic E-state index is 0.117. The maximum Gasteiger partial charge on any atom is 0.0946 e. The van der Waals surface area contributed by atoms with E-state index in [2.05, 4.69) is 21.0 Å². The monoisotopic (exact) mass is 328 g/mol. The van der Waals surface area contributed by atoms with Gasteiger partial charge in [-0.15, -0.1) is 0 Å². The summed E-state index contributed by atoms with van der Waals surface area (Å²) in [4.78, 5) is 6.77. The summed E-state index contributed by atoms with van der Waals surface area (Å²) < 4.78 is 7.81. The summed E-state index contributed by atoms with van der Waals surface area (Å²) in [6, 6.07) is 9.80. The van der Waals surface area contributed by atoms with Crippen molar-refractivity contribution in [2.45, 2.75) is 12.6 Å². The second-order valence-electron chi connectivity index (χ2n) is 5.66. The lowest BCUT2D eigenvalue weighted by Gasteiger charge is -2.35. The number of aromatic nitrogens is 3. The molecule has 0 bridgehead atoms. The van der Waals surface area contributed by atoms with Crippen LogP contribution in [0.3, 0.4) is 0 Å². The lowest BCUT2D eigenvalue weighted by Crippen LogP contribution is -2.44. The number of hydrogen-bond donors (Lipinski definition) is 0. The molecule has 0 aliphatic carbocycles. The fourth-order valence-electron chi connectivity index (χ4n) is 3.05. The molecule has 0 radical (unpaired) electrons. The maximum absolute atomic E-state index is 6.17. The largest absolute Gasteiger partial charge is 0.373 e. The van der Waals surface area contributed by atoms with Crippen LogP contribution in [0.2, 0.25) is 5.02 Å². The van der Waals surface area contributed by atoms with E-state index in [4.69, 9.17) is 16.3 Å². The lowest BCUT2D eigenvalue weighted by molar-refractivity contribution is 0.0275. The molecular weight excluding hydrogens is 312 g/mol. The Morgan fingerprint density at radius 2 is 2.22 bits per heavy atom. The summed E-state index contributed by atoms with van der Waals surface area (Å²) in [6.45, 7) is 3.15. The fourth-order valence-corrected chi connectivity index (χ4v) is 3.22. The molecule has 118 valence electrons. The van der Waals surface area contributed by atoms with Gasteiger partial charge in [0, 0.05) is 47.8 Å². The van der Waals surface area contributed by atoms with Crippen molar-refractivity contribution in [3.8, 4) is 0 Å². The zero-order valence-electron chi connectivity index (χ0n) is 12.6. The number of ether oxygens (including phenoxy) is 1. The van der Waals surface area contributed by atoms with Crippen molar-refractivity contribution in [2.24, 2.45) is 0 Å². The molecule has 0 spiro atoms. The first-order valence-corrected chi connectivity index (χ1v) is 8.06. The molecule has 1 fully saturated rings. The van der Waals surface area contributed by atoms with Gasteiger partial charge >= 0.3 is 0 Å². The Morgan fingerprint density at radius 1 is 1.26 bits per heavy atom. The molecule has 1 saturated heterocycles. The number of halogens is 1. The molecule has 3 aromatic rings. The highest BCUT2D eigenvalue weighted by molar-refractivity contribution is 6.31. The van der Waals surface area contributed by atoms with E-state index in [-0.39, 0.29) is 6.10 Å². The fraction of sp³-hybridized carbons (Fsp3) is 0.294. The first-order chi connectivity index (χ1) is 11.3. The van der Waals surface area contributed by atoms with Crippen molar-refractivity contribution in [1.82, 2.24) is 14.8 Å². The highest BCUT2D eigenvalue weighted by Gasteiger charge is 2.22. The smallest absolute Gasteiger partial charge is 0.0946 e. The molecule has 5 nitrogen and oxygen atoms in total. The third kappa shape index (κ3) is 3.02. The Hall–Kier alpha value is -2.11. The van der Waals surface area contributed by atoms with E-state index in [1.54, 1.807) is 6.20 Å². The Labute approximate surface area is 139 Å². The van der Waals surface area contributed by atoms with Crippen molar-refractivity contribution in [3.63, 3.8) is 0 Å². The van der Waals surface area contributed by atoms with E-state index in [1.807, 2.05) is 41.3 Å². The van der Waals surface area contributed by atoms with Crippen LogP contribution in [0.25, 0.3) is 10.9 Å². The van der Waals surface area contributed by atoms with Gasteiger partial charge in [-0.2, -0.15) is 5.10 Å². The van der Waals surface area contributed by atoms with Gasteiger partial charge in [0.15, 0.2) is 0 Å². The Morgan fingerprint density at radius 3 is 3.09 bits per heavy atom. The third-order valence-corrected chi connectivity index (χ3v) is 4.35. The van der Waals surface area contributed by atoms with Gasteiger partial charge in [0.05, 0.1) is 24.8 Å². The standard InChI is InChI=1S/C17H17ClN4O/c18-13-2-3-16-15(10-13)17(4-6-19-16)21-8-9-23-14(11-21)12-22-7-1-5-20-22/h1-7,10,14H,8-9,11-12H2. The van der Waals surface area contributed by atoms with Gasteiger partial charge in [-0.25, -0.2) is 0 Å². The van der Waals surface area contributed by atoms with Gasteiger partial charge in [-0.1, -0.05) is 11.6 Å². The number of hydrogen-bond acceptors (Lipinski definition) is 4.